The number of likely N-dealkylation sites (N-methyl/N-ethyl adjacent to an activating group) is 1. The lowest BCUT2D eigenvalue weighted by Gasteiger charge is -2.42. The van der Waals surface area contributed by atoms with Crippen molar-refractivity contribution in [2.45, 2.75) is 65.2 Å². The maximum atomic E-state index is 2.67. The predicted molar refractivity (Wildman–Crippen MR) is 85.5 cm³/mol. The lowest BCUT2D eigenvalue weighted by molar-refractivity contribution is -0.913. The Morgan fingerprint density at radius 3 is 2.00 bits per heavy atom. The molecule has 1 saturated heterocycles. The van der Waals surface area contributed by atoms with E-state index < -0.39 is 0 Å². The molecule has 0 saturated carbocycles. The Hall–Kier alpha value is -0.0800. The summed E-state index contributed by atoms with van der Waals surface area (Å²) in [5, 5.41) is 0. The summed E-state index contributed by atoms with van der Waals surface area (Å²) >= 11 is 0. The monoisotopic (exact) mass is 269 g/mol. The number of nitrogens with zero attached hydrogens (tertiary/aromatic N) is 2. The van der Waals surface area contributed by atoms with Crippen LogP contribution in [0.25, 0.3) is 0 Å². The van der Waals surface area contributed by atoms with Gasteiger partial charge in [-0.05, 0) is 25.8 Å². The minimum atomic E-state index is 1.33. The van der Waals surface area contributed by atoms with E-state index in [-0.39, 0.29) is 0 Å². The molecular weight excluding hydrogens is 232 g/mol. The molecule has 0 N–H and O–H groups in total. The van der Waals surface area contributed by atoms with Gasteiger partial charge in [-0.1, -0.05) is 46.0 Å². The second-order valence-corrected chi connectivity index (χ2v) is 6.75. The van der Waals surface area contributed by atoms with Gasteiger partial charge in [0, 0.05) is 13.1 Å². The van der Waals surface area contributed by atoms with Crippen molar-refractivity contribution in [3.63, 3.8) is 0 Å². The second-order valence-electron chi connectivity index (χ2n) is 6.75. The maximum absolute atomic E-state index is 2.67. The van der Waals surface area contributed by atoms with E-state index in [0.29, 0.717) is 0 Å². The lowest BCUT2D eigenvalue weighted by Crippen LogP contribution is -2.57. The van der Waals surface area contributed by atoms with Crippen LogP contribution < -0.4 is 0 Å². The van der Waals surface area contributed by atoms with Crippen molar-refractivity contribution in [2.24, 2.45) is 0 Å². The third-order valence-corrected chi connectivity index (χ3v) is 4.79. The zero-order valence-corrected chi connectivity index (χ0v) is 13.8. The molecule has 114 valence electrons. The van der Waals surface area contributed by atoms with Crippen LogP contribution in [0.15, 0.2) is 0 Å². The Morgan fingerprint density at radius 1 is 0.789 bits per heavy atom. The van der Waals surface area contributed by atoms with Gasteiger partial charge in [-0.25, -0.2) is 0 Å². The Labute approximate surface area is 121 Å². The fraction of sp³-hybridized carbons (Fsp3) is 1.00. The average molecular weight is 269 g/mol. The van der Waals surface area contributed by atoms with E-state index >= 15 is 0 Å². The van der Waals surface area contributed by atoms with Gasteiger partial charge in [0.05, 0.1) is 26.7 Å². The summed E-state index contributed by atoms with van der Waals surface area (Å²) in [7, 11) is 2.48. The Balaban J connectivity index is 2.07. The Bertz CT molecular complexity index is 207. The second kappa shape index (κ2) is 9.77. The summed E-state index contributed by atoms with van der Waals surface area (Å²) in [6.45, 7) is 12.7. The molecule has 0 bridgehead atoms. The van der Waals surface area contributed by atoms with Crippen molar-refractivity contribution in [2.75, 3.05) is 46.3 Å². The molecule has 0 amide bonds. The standard InChI is InChI=1S/C17H37N2/c1-4-6-8-9-10-11-15-19(3)16-13-18(14-17-19)12-7-5-2/h4-17H2,1-3H3/q+1. The highest BCUT2D eigenvalue weighted by Crippen LogP contribution is 2.14. The highest BCUT2D eigenvalue weighted by atomic mass is 15.4. The molecule has 0 aromatic rings. The fourth-order valence-corrected chi connectivity index (χ4v) is 3.09. The first kappa shape index (κ1) is 17.0. The molecule has 0 spiro atoms. The molecule has 1 rings (SSSR count). The number of piperazine rings is 1. The number of rotatable bonds is 10. The first-order chi connectivity index (χ1) is 9.20. The van der Waals surface area contributed by atoms with E-state index in [1.54, 1.807) is 0 Å². The molecule has 2 nitrogen and oxygen atoms in total. The fourth-order valence-electron chi connectivity index (χ4n) is 3.09. The summed E-state index contributed by atoms with van der Waals surface area (Å²) < 4.78 is 1.33. The number of hydrogen-bond acceptors (Lipinski definition) is 1. The molecule has 2 heteroatoms. The van der Waals surface area contributed by atoms with Gasteiger partial charge in [-0.2, -0.15) is 0 Å². The van der Waals surface area contributed by atoms with E-state index in [1.807, 2.05) is 0 Å². The first-order valence-electron chi connectivity index (χ1n) is 8.76. The van der Waals surface area contributed by atoms with Gasteiger partial charge >= 0.3 is 0 Å². The Morgan fingerprint density at radius 2 is 1.37 bits per heavy atom. The summed E-state index contributed by atoms with van der Waals surface area (Å²) in [5.74, 6) is 0. The molecule has 0 atom stereocenters. The molecule has 1 aliphatic rings. The van der Waals surface area contributed by atoms with Crippen LogP contribution in [0.4, 0.5) is 0 Å². The van der Waals surface area contributed by atoms with Crippen molar-refractivity contribution in [1.82, 2.24) is 4.90 Å². The number of quaternary nitrogens is 1. The smallest absolute Gasteiger partial charge is 0.0914 e. The number of unbranched alkanes of at least 4 members (excludes halogenated alkanes) is 6. The molecule has 0 aromatic carbocycles. The average Bonchev–Trinajstić information content (AvgIpc) is 2.42. The molecule has 0 unspecified atom stereocenters. The third kappa shape index (κ3) is 7.31. The van der Waals surface area contributed by atoms with Crippen LogP contribution in [0.2, 0.25) is 0 Å². The molecule has 0 aromatic heterocycles. The molecule has 0 radical (unpaired) electrons. The van der Waals surface area contributed by atoms with Crippen LogP contribution in [0.3, 0.4) is 0 Å². The molecule has 1 fully saturated rings. The quantitative estimate of drug-likeness (QED) is 0.429. The zero-order chi connectivity index (χ0) is 14.0. The first-order valence-corrected chi connectivity index (χ1v) is 8.76. The van der Waals surface area contributed by atoms with E-state index in [0.717, 1.165) is 0 Å². The highest BCUT2D eigenvalue weighted by molar-refractivity contribution is 4.63. The predicted octanol–water partition coefficient (Wildman–Crippen LogP) is 3.91. The van der Waals surface area contributed by atoms with Crippen LogP contribution in [0.1, 0.15) is 65.2 Å². The van der Waals surface area contributed by atoms with Crippen LogP contribution in [0, 0.1) is 0 Å². The summed E-state index contributed by atoms with van der Waals surface area (Å²) in [6, 6.07) is 0. The zero-order valence-electron chi connectivity index (χ0n) is 13.8. The minimum absolute atomic E-state index is 1.33. The highest BCUT2D eigenvalue weighted by Gasteiger charge is 2.27. The molecular formula is C17H37N2+. The lowest BCUT2D eigenvalue weighted by atomic mass is 10.1. The molecule has 0 aliphatic carbocycles. The molecule has 1 heterocycles. The van der Waals surface area contributed by atoms with Gasteiger partial charge in [0.25, 0.3) is 0 Å². The van der Waals surface area contributed by atoms with Crippen LogP contribution in [0.5, 0.6) is 0 Å². The van der Waals surface area contributed by atoms with E-state index in [2.05, 4.69) is 25.8 Å². The summed E-state index contributed by atoms with van der Waals surface area (Å²) in [5.41, 5.74) is 0. The van der Waals surface area contributed by atoms with Crippen LogP contribution >= 0.6 is 0 Å². The Kier molecular flexibility index (Phi) is 8.72. The van der Waals surface area contributed by atoms with Crippen LogP contribution in [-0.4, -0.2) is 55.7 Å². The van der Waals surface area contributed by atoms with Crippen molar-refractivity contribution >= 4 is 0 Å². The van der Waals surface area contributed by atoms with E-state index in [1.165, 1.54) is 95.1 Å². The van der Waals surface area contributed by atoms with Gasteiger partial charge in [0.1, 0.15) is 0 Å². The van der Waals surface area contributed by atoms with Crippen molar-refractivity contribution in [1.29, 1.82) is 0 Å². The van der Waals surface area contributed by atoms with Crippen LogP contribution in [-0.2, 0) is 0 Å². The van der Waals surface area contributed by atoms with E-state index in [4.69, 9.17) is 0 Å². The van der Waals surface area contributed by atoms with Gasteiger partial charge in [-0.3, -0.25) is 4.90 Å². The molecule has 19 heavy (non-hydrogen) atoms. The normalized spacial score (nSPS) is 19.7. The summed E-state index contributed by atoms with van der Waals surface area (Å²) in [4.78, 5) is 2.67. The van der Waals surface area contributed by atoms with Gasteiger partial charge in [-0.15, -0.1) is 0 Å². The van der Waals surface area contributed by atoms with Crippen molar-refractivity contribution in [3.8, 4) is 0 Å². The number of hydrogen-bond donors (Lipinski definition) is 0. The third-order valence-electron chi connectivity index (χ3n) is 4.79. The largest absolute Gasteiger partial charge is 0.324 e. The van der Waals surface area contributed by atoms with Gasteiger partial charge < -0.3 is 4.48 Å². The van der Waals surface area contributed by atoms with Gasteiger partial charge in [0.2, 0.25) is 0 Å². The van der Waals surface area contributed by atoms with Crippen molar-refractivity contribution < 1.29 is 4.48 Å². The molecule has 1 aliphatic heterocycles. The topological polar surface area (TPSA) is 3.24 Å². The van der Waals surface area contributed by atoms with E-state index in [9.17, 15) is 0 Å². The minimum Gasteiger partial charge on any atom is -0.324 e. The van der Waals surface area contributed by atoms with Crippen molar-refractivity contribution in [3.05, 3.63) is 0 Å². The SMILES string of the molecule is CCCCCCCC[N+]1(C)CCN(CCCC)CC1. The summed E-state index contributed by atoms with van der Waals surface area (Å²) in [6.07, 6.45) is 11.3. The van der Waals surface area contributed by atoms with Gasteiger partial charge in [0.15, 0.2) is 0 Å². The maximum Gasteiger partial charge on any atom is 0.0914 e.